The van der Waals surface area contributed by atoms with E-state index in [1.807, 2.05) is 18.5 Å². The second kappa shape index (κ2) is 10.7. The molecule has 1 saturated carbocycles. The van der Waals surface area contributed by atoms with Crippen molar-refractivity contribution < 1.29 is 10.0 Å². The van der Waals surface area contributed by atoms with Crippen molar-refractivity contribution in [1.82, 2.24) is 14.9 Å². The molecule has 2 aromatic carbocycles. The quantitative estimate of drug-likeness (QED) is 0.593. The Morgan fingerprint density at radius 3 is 2.30 bits per heavy atom. The summed E-state index contributed by atoms with van der Waals surface area (Å²) in [5, 5.41) is 25.7. The Morgan fingerprint density at radius 2 is 1.73 bits per heavy atom. The van der Waals surface area contributed by atoms with E-state index in [4.69, 9.17) is 15.3 Å². The maximum Gasteiger partial charge on any atom is 0.488 e. The molecule has 2 aliphatic rings. The van der Waals surface area contributed by atoms with E-state index in [-0.39, 0.29) is 0 Å². The molecule has 7 heteroatoms. The zero-order valence-electron chi connectivity index (χ0n) is 18.9. The number of rotatable bonds is 5. The Labute approximate surface area is 195 Å². The van der Waals surface area contributed by atoms with Gasteiger partial charge in [-0.25, -0.2) is 9.97 Å². The molecule has 2 N–H and O–H groups in total. The second-order valence-corrected chi connectivity index (χ2v) is 8.95. The minimum atomic E-state index is -1.46. The summed E-state index contributed by atoms with van der Waals surface area (Å²) < 4.78 is 0. The smallest absolute Gasteiger partial charge is 0.423 e. The van der Waals surface area contributed by atoms with Crippen molar-refractivity contribution in [3.8, 4) is 17.2 Å². The van der Waals surface area contributed by atoms with Crippen molar-refractivity contribution in [3.63, 3.8) is 0 Å². The molecule has 0 spiro atoms. The van der Waals surface area contributed by atoms with Gasteiger partial charge in [0.1, 0.15) is 6.33 Å². The van der Waals surface area contributed by atoms with Crippen LogP contribution in [0.3, 0.4) is 0 Å². The average molecular weight is 440 g/mol. The van der Waals surface area contributed by atoms with Crippen LogP contribution in [0.25, 0.3) is 11.1 Å². The van der Waals surface area contributed by atoms with Gasteiger partial charge in [-0.3, -0.25) is 0 Å². The van der Waals surface area contributed by atoms with Gasteiger partial charge in [0, 0.05) is 30.5 Å². The minimum Gasteiger partial charge on any atom is -0.423 e. The molecule has 1 aliphatic heterocycles. The summed E-state index contributed by atoms with van der Waals surface area (Å²) in [6.45, 7) is 4.97. The Kier molecular flexibility index (Phi) is 7.51. The van der Waals surface area contributed by atoms with Gasteiger partial charge in [-0.15, -0.1) is 0 Å². The highest BCUT2D eigenvalue weighted by atomic mass is 16.4. The van der Waals surface area contributed by atoms with Gasteiger partial charge in [0.2, 0.25) is 0 Å². The summed E-state index contributed by atoms with van der Waals surface area (Å²) in [7, 11) is -1.46. The first-order valence-electron chi connectivity index (χ1n) is 11.5. The van der Waals surface area contributed by atoms with E-state index in [9.17, 15) is 0 Å². The fraction of sp³-hybridized carbons (Fsp3) is 0.346. The van der Waals surface area contributed by atoms with Crippen molar-refractivity contribution in [3.05, 3.63) is 78.4 Å². The molecule has 0 amide bonds. The number of aromatic nitrogens is 2. The maximum atomic E-state index is 8.66. The number of benzene rings is 2. The summed E-state index contributed by atoms with van der Waals surface area (Å²) in [5.74, 6) is 1.64. The number of nitriles is 1. The molecule has 1 saturated heterocycles. The lowest BCUT2D eigenvalue weighted by Crippen LogP contribution is -2.29. The van der Waals surface area contributed by atoms with Crippen molar-refractivity contribution >= 4 is 12.6 Å². The minimum absolute atomic E-state index is 0.393. The Morgan fingerprint density at radius 1 is 1.03 bits per heavy atom. The van der Waals surface area contributed by atoms with Crippen LogP contribution in [0.5, 0.6) is 0 Å². The first-order chi connectivity index (χ1) is 16.0. The van der Waals surface area contributed by atoms with E-state index in [1.165, 1.54) is 67.7 Å². The third-order valence-electron chi connectivity index (χ3n) is 6.65. The highest BCUT2D eigenvalue weighted by molar-refractivity contribution is 6.58. The fourth-order valence-corrected chi connectivity index (χ4v) is 4.52. The van der Waals surface area contributed by atoms with Crippen LogP contribution in [-0.2, 0) is 0 Å². The van der Waals surface area contributed by atoms with Crippen LogP contribution in [-0.4, -0.2) is 51.2 Å². The average Bonchev–Trinajstić information content (AvgIpc) is 3.52. The van der Waals surface area contributed by atoms with Gasteiger partial charge >= 0.3 is 7.12 Å². The first-order valence-corrected chi connectivity index (χ1v) is 11.5. The molecule has 0 bridgehead atoms. The van der Waals surface area contributed by atoms with Crippen molar-refractivity contribution in [2.45, 2.75) is 38.1 Å². The van der Waals surface area contributed by atoms with Crippen LogP contribution in [0.2, 0.25) is 0 Å². The number of hydrogen-bond donors (Lipinski definition) is 2. The Bertz CT molecular complexity index is 1070. The van der Waals surface area contributed by atoms with Crippen LogP contribution < -0.4 is 5.46 Å². The summed E-state index contributed by atoms with van der Waals surface area (Å²) in [6.07, 6.45) is 9.44. The summed E-state index contributed by atoms with van der Waals surface area (Å²) in [4.78, 5) is 10.9. The molecular weight excluding hydrogens is 411 g/mol. The lowest BCUT2D eigenvalue weighted by Gasteiger charge is -2.20. The first kappa shape index (κ1) is 23.1. The molecule has 1 aliphatic carbocycles. The number of nitrogens with zero attached hydrogens (tertiary/aromatic N) is 4. The molecule has 5 rings (SSSR count). The van der Waals surface area contributed by atoms with Gasteiger partial charge in [-0.1, -0.05) is 36.4 Å². The third-order valence-corrected chi connectivity index (χ3v) is 6.65. The zero-order chi connectivity index (χ0) is 23.2. The van der Waals surface area contributed by atoms with E-state index >= 15 is 0 Å². The number of likely N-dealkylation sites (tertiary alicyclic amines) is 1. The monoisotopic (exact) mass is 440 g/mol. The highest BCUT2D eigenvalue weighted by Crippen LogP contribution is 2.48. The van der Waals surface area contributed by atoms with Gasteiger partial charge in [0.05, 0.1) is 11.6 Å². The molecule has 0 radical (unpaired) electrons. The molecule has 3 atom stereocenters. The summed E-state index contributed by atoms with van der Waals surface area (Å²) in [5.41, 5.74) is 4.69. The molecule has 2 fully saturated rings. The van der Waals surface area contributed by atoms with Gasteiger partial charge in [0.25, 0.3) is 0 Å². The topological polar surface area (TPSA) is 93.3 Å². The van der Waals surface area contributed by atoms with Crippen LogP contribution >= 0.6 is 0 Å². The van der Waals surface area contributed by atoms with Gasteiger partial charge in [0.15, 0.2) is 0 Å². The van der Waals surface area contributed by atoms with E-state index in [2.05, 4.69) is 46.1 Å². The molecular formula is C26H29BN4O2. The summed E-state index contributed by atoms with van der Waals surface area (Å²) >= 11 is 0. The third kappa shape index (κ3) is 6.05. The molecule has 1 aromatic heterocycles. The van der Waals surface area contributed by atoms with E-state index < -0.39 is 7.12 Å². The van der Waals surface area contributed by atoms with Crippen molar-refractivity contribution in [1.29, 1.82) is 5.26 Å². The van der Waals surface area contributed by atoms with Crippen LogP contribution in [0.1, 0.15) is 43.2 Å². The summed E-state index contributed by atoms with van der Waals surface area (Å²) in [6, 6.07) is 17.8. The largest absolute Gasteiger partial charge is 0.488 e. The van der Waals surface area contributed by atoms with E-state index in [0.29, 0.717) is 11.0 Å². The van der Waals surface area contributed by atoms with Gasteiger partial charge < -0.3 is 14.9 Å². The molecule has 6 nitrogen and oxygen atoms in total. The van der Waals surface area contributed by atoms with Crippen LogP contribution in [0.15, 0.2) is 67.3 Å². The predicted molar refractivity (Wildman–Crippen MR) is 130 cm³/mol. The fourth-order valence-electron chi connectivity index (χ4n) is 4.52. The van der Waals surface area contributed by atoms with Crippen molar-refractivity contribution in [2.75, 3.05) is 13.1 Å². The Hall–Kier alpha value is -3.05. The SMILES string of the molecule is C[C@H]1CCCN1C[C@H]1C[C@@H]1c1ccc(-c2cncnc2)cc1.N#Cc1ccc(B(O)O)cc1. The van der Waals surface area contributed by atoms with E-state index in [1.54, 1.807) is 6.33 Å². The zero-order valence-corrected chi connectivity index (χ0v) is 18.9. The molecule has 0 unspecified atom stereocenters. The normalized spacial score (nSPS) is 21.6. The van der Waals surface area contributed by atoms with Gasteiger partial charge in [-0.2, -0.15) is 5.26 Å². The molecule has 3 aromatic rings. The maximum absolute atomic E-state index is 8.66. The molecule has 2 heterocycles. The lowest BCUT2D eigenvalue weighted by atomic mass is 9.80. The molecule has 33 heavy (non-hydrogen) atoms. The van der Waals surface area contributed by atoms with Gasteiger partial charge in [-0.05, 0) is 73.3 Å². The lowest BCUT2D eigenvalue weighted by molar-refractivity contribution is 0.256. The van der Waals surface area contributed by atoms with Crippen LogP contribution in [0.4, 0.5) is 0 Å². The predicted octanol–water partition coefficient (Wildman–Crippen LogP) is 2.97. The second-order valence-electron chi connectivity index (χ2n) is 8.95. The molecule has 168 valence electrons. The highest BCUT2D eigenvalue weighted by Gasteiger charge is 2.40. The van der Waals surface area contributed by atoms with Crippen LogP contribution in [0, 0.1) is 17.2 Å². The Balaban J connectivity index is 0.000000200. The standard InChI is InChI=1S/C19H23N3.C7H6BNO2/c1-14-3-2-8-22(14)12-17-9-19(17)16-6-4-15(5-7-16)18-10-20-13-21-11-18;9-5-6-1-3-7(4-2-6)8(10)11/h4-7,10-11,13-14,17,19H,2-3,8-9,12H2,1H3;1-4,10-11H/t14-,17+,19+;/m0./s1. The van der Waals surface area contributed by atoms with Crippen molar-refractivity contribution in [2.24, 2.45) is 5.92 Å². The number of hydrogen-bond acceptors (Lipinski definition) is 6. The van der Waals surface area contributed by atoms with E-state index in [0.717, 1.165) is 23.4 Å².